The Morgan fingerprint density at radius 2 is 2.16 bits per heavy atom. The molecule has 2 N–H and O–H groups in total. The maximum absolute atomic E-state index is 10.0. The Hall–Kier alpha value is -2.23. The highest BCUT2D eigenvalue weighted by atomic mass is 16.3. The number of phenols is 1. The minimum absolute atomic E-state index is 0.255. The summed E-state index contributed by atoms with van der Waals surface area (Å²) in [6.07, 6.45) is 3.10. The van der Waals surface area contributed by atoms with Crippen LogP contribution in [-0.2, 0) is 13.5 Å². The van der Waals surface area contributed by atoms with Gasteiger partial charge < -0.3 is 14.7 Å². The van der Waals surface area contributed by atoms with E-state index in [1.54, 1.807) is 0 Å². The highest BCUT2D eigenvalue weighted by Gasteiger charge is 2.13. The number of imidazole rings is 1. The van der Waals surface area contributed by atoms with Crippen molar-refractivity contribution in [3.05, 3.63) is 35.5 Å². The van der Waals surface area contributed by atoms with Crippen molar-refractivity contribution in [2.45, 2.75) is 20.3 Å². The van der Waals surface area contributed by atoms with Gasteiger partial charge in [-0.05, 0) is 36.6 Å². The quantitative estimate of drug-likeness (QED) is 0.739. The largest absolute Gasteiger partial charge is 0.505 e. The summed E-state index contributed by atoms with van der Waals surface area (Å²) in [7, 11) is 2.01. The van der Waals surface area contributed by atoms with Crippen LogP contribution in [0, 0.1) is 6.92 Å². The number of aromatic amines is 1. The summed E-state index contributed by atoms with van der Waals surface area (Å²) >= 11 is 0. The number of benzene rings is 1. The summed E-state index contributed by atoms with van der Waals surface area (Å²) < 4.78 is 2.06. The van der Waals surface area contributed by atoms with Gasteiger partial charge in [0.2, 0.25) is 0 Å². The average Bonchev–Trinajstić information content (AvgIpc) is 2.97. The van der Waals surface area contributed by atoms with E-state index in [4.69, 9.17) is 0 Å². The van der Waals surface area contributed by atoms with Gasteiger partial charge in [-0.1, -0.05) is 13.0 Å². The van der Waals surface area contributed by atoms with Gasteiger partial charge in [0, 0.05) is 13.2 Å². The van der Waals surface area contributed by atoms with Crippen LogP contribution >= 0.6 is 0 Å². The molecule has 0 aliphatic carbocycles. The number of rotatable bonds is 2. The molecule has 0 saturated carbocycles. The molecule has 1 aromatic carbocycles. The molecule has 0 saturated heterocycles. The fraction of sp³-hybridized carbons (Fsp3) is 0.267. The van der Waals surface area contributed by atoms with E-state index < -0.39 is 0 Å². The van der Waals surface area contributed by atoms with Crippen molar-refractivity contribution >= 4 is 11.0 Å². The second kappa shape index (κ2) is 4.16. The number of hydrogen-bond acceptors (Lipinski definition) is 2. The first kappa shape index (κ1) is 11.8. The number of nitrogens with zero attached hydrogens (tertiary/aromatic N) is 2. The number of fused-ring (bicyclic) bond motifs is 1. The molecular weight excluding hydrogens is 238 g/mol. The first-order valence-electron chi connectivity index (χ1n) is 6.44. The van der Waals surface area contributed by atoms with Crippen molar-refractivity contribution < 1.29 is 5.11 Å². The molecule has 4 heteroatoms. The fourth-order valence-electron chi connectivity index (χ4n) is 2.34. The van der Waals surface area contributed by atoms with E-state index >= 15 is 0 Å². The molecule has 0 atom stereocenters. The van der Waals surface area contributed by atoms with Crippen molar-refractivity contribution in [2.24, 2.45) is 7.05 Å². The number of aryl methyl sites for hydroxylation is 3. The first-order valence-corrected chi connectivity index (χ1v) is 6.44. The van der Waals surface area contributed by atoms with Crippen LogP contribution < -0.4 is 0 Å². The molecule has 0 fully saturated rings. The van der Waals surface area contributed by atoms with Crippen molar-refractivity contribution in [3.8, 4) is 17.3 Å². The molecule has 4 nitrogen and oxygen atoms in total. The molecule has 0 radical (unpaired) electrons. The zero-order chi connectivity index (χ0) is 13.6. The van der Waals surface area contributed by atoms with Gasteiger partial charge in [0.15, 0.2) is 5.82 Å². The minimum Gasteiger partial charge on any atom is -0.505 e. The molecule has 0 bridgehead atoms. The lowest BCUT2D eigenvalue weighted by molar-refractivity contribution is 0.476. The van der Waals surface area contributed by atoms with E-state index in [0.29, 0.717) is 5.52 Å². The molecule has 19 heavy (non-hydrogen) atoms. The standard InChI is InChI=1S/C15H17N3O/c1-4-10-7-12(18(3)8-10)15-16-11-6-5-9(2)14(19)13(11)17-15/h5-8,19H,4H2,1-3H3,(H,16,17). The third kappa shape index (κ3) is 1.80. The number of aromatic hydroxyl groups is 1. The van der Waals surface area contributed by atoms with E-state index in [-0.39, 0.29) is 5.75 Å². The normalized spacial score (nSPS) is 11.3. The van der Waals surface area contributed by atoms with Crippen LogP contribution in [-0.4, -0.2) is 19.6 Å². The Morgan fingerprint density at radius 1 is 1.37 bits per heavy atom. The van der Waals surface area contributed by atoms with Crippen molar-refractivity contribution in [3.63, 3.8) is 0 Å². The van der Waals surface area contributed by atoms with E-state index in [2.05, 4.69) is 33.7 Å². The maximum atomic E-state index is 10.0. The van der Waals surface area contributed by atoms with Gasteiger partial charge in [0.25, 0.3) is 0 Å². The maximum Gasteiger partial charge on any atom is 0.155 e. The lowest BCUT2D eigenvalue weighted by atomic mass is 10.2. The number of aromatic nitrogens is 3. The van der Waals surface area contributed by atoms with Crippen LogP contribution in [0.1, 0.15) is 18.1 Å². The predicted octanol–water partition coefficient (Wildman–Crippen LogP) is 3.14. The molecule has 2 heterocycles. The van der Waals surface area contributed by atoms with Crippen molar-refractivity contribution in [1.82, 2.24) is 14.5 Å². The molecule has 0 unspecified atom stereocenters. The van der Waals surface area contributed by atoms with E-state index in [9.17, 15) is 5.11 Å². The molecule has 0 amide bonds. The van der Waals surface area contributed by atoms with Gasteiger partial charge in [-0.25, -0.2) is 4.98 Å². The number of H-pyrrole nitrogens is 1. The van der Waals surface area contributed by atoms with E-state index in [1.165, 1.54) is 5.56 Å². The third-order valence-electron chi connectivity index (χ3n) is 3.54. The van der Waals surface area contributed by atoms with E-state index in [0.717, 1.165) is 29.0 Å². The predicted molar refractivity (Wildman–Crippen MR) is 76.3 cm³/mol. The molecule has 98 valence electrons. The SMILES string of the molecule is CCc1cc(-c2nc3c(O)c(C)ccc3[nH]2)n(C)c1. The summed E-state index contributed by atoms with van der Waals surface area (Å²) in [5.74, 6) is 1.04. The minimum atomic E-state index is 0.255. The molecule has 3 rings (SSSR count). The Kier molecular flexibility index (Phi) is 2.59. The highest BCUT2D eigenvalue weighted by Crippen LogP contribution is 2.29. The Morgan fingerprint density at radius 3 is 2.84 bits per heavy atom. The molecular formula is C15H17N3O. The number of hydrogen-bond donors (Lipinski definition) is 2. The summed E-state index contributed by atoms with van der Waals surface area (Å²) in [6.45, 7) is 4.01. The molecule has 2 aromatic heterocycles. The molecule has 3 aromatic rings. The average molecular weight is 255 g/mol. The van der Waals surface area contributed by atoms with Gasteiger partial charge in [0.05, 0.1) is 11.2 Å². The summed E-state index contributed by atoms with van der Waals surface area (Å²) in [6, 6.07) is 5.97. The Labute approximate surface area is 111 Å². The van der Waals surface area contributed by atoms with Crippen LogP contribution in [0.4, 0.5) is 0 Å². The van der Waals surface area contributed by atoms with Crippen LogP contribution in [0.2, 0.25) is 0 Å². The first-order chi connectivity index (χ1) is 9.10. The van der Waals surface area contributed by atoms with Crippen LogP contribution in [0.15, 0.2) is 24.4 Å². The van der Waals surface area contributed by atoms with Crippen LogP contribution in [0.5, 0.6) is 5.75 Å². The summed E-state index contributed by atoms with van der Waals surface area (Å²) in [5.41, 5.74) is 4.64. The second-order valence-corrected chi connectivity index (χ2v) is 4.91. The highest BCUT2D eigenvalue weighted by molar-refractivity contribution is 5.85. The van der Waals surface area contributed by atoms with Crippen molar-refractivity contribution in [1.29, 1.82) is 0 Å². The van der Waals surface area contributed by atoms with Crippen LogP contribution in [0.25, 0.3) is 22.6 Å². The van der Waals surface area contributed by atoms with Crippen LogP contribution in [0.3, 0.4) is 0 Å². The van der Waals surface area contributed by atoms with Gasteiger partial charge in [-0.2, -0.15) is 0 Å². The number of nitrogens with one attached hydrogen (secondary N) is 1. The summed E-state index contributed by atoms with van der Waals surface area (Å²) in [4.78, 5) is 7.79. The van der Waals surface area contributed by atoms with Gasteiger partial charge in [-0.3, -0.25) is 0 Å². The zero-order valence-corrected chi connectivity index (χ0v) is 11.4. The van der Waals surface area contributed by atoms with Crippen molar-refractivity contribution in [2.75, 3.05) is 0 Å². The van der Waals surface area contributed by atoms with Gasteiger partial charge >= 0.3 is 0 Å². The zero-order valence-electron chi connectivity index (χ0n) is 11.4. The fourth-order valence-corrected chi connectivity index (χ4v) is 2.34. The lowest BCUT2D eigenvalue weighted by Gasteiger charge is -1.97. The molecule has 0 aliphatic rings. The Bertz CT molecular complexity index is 752. The van der Waals surface area contributed by atoms with E-state index in [1.807, 2.05) is 26.1 Å². The van der Waals surface area contributed by atoms with Gasteiger partial charge in [0.1, 0.15) is 11.3 Å². The lowest BCUT2D eigenvalue weighted by Crippen LogP contribution is -1.90. The molecule has 0 aliphatic heterocycles. The Balaban J connectivity index is 2.20. The second-order valence-electron chi connectivity index (χ2n) is 4.91. The topological polar surface area (TPSA) is 53.8 Å². The smallest absolute Gasteiger partial charge is 0.155 e. The third-order valence-corrected chi connectivity index (χ3v) is 3.54. The molecule has 0 spiro atoms. The monoisotopic (exact) mass is 255 g/mol. The number of phenolic OH excluding ortho intramolecular Hbond substituents is 1. The summed E-state index contributed by atoms with van der Waals surface area (Å²) in [5, 5.41) is 10.0. The van der Waals surface area contributed by atoms with Gasteiger partial charge in [-0.15, -0.1) is 0 Å².